The van der Waals surface area contributed by atoms with Crippen molar-refractivity contribution in [2.45, 2.75) is 76.4 Å². The smallest absolute Gasteiger partial charge is 0.306 e. The van der Waals surface area contributed by atoms with Crippen LogP contribution in [0.25, 0.3) is 0 Å². The van der Waals surface area contributed by atoms with E-state index in [4.69, 9.17) is 4.74 Å². The van der Waals surface area contributed by atoms with Crippen molar-refractivity contribution in [3.05, 3.63) is 23.8 Å². The number of hydrogen-bond acceptors (Lipinski definition) is 6. The predicted octanol–water partition coefficient (Wildman–Crippen LogP) is 4.18. The Labute approximate surface area is 195 Å². The van der Waals surface area contributed by atoms with Crippen LogP contribution in [-0.4, -0.2) is 51.5 Å². The molecule has 0 bridgehead atoms. The van der Waals surface area contributed by atoms with Gasteiger partial charge < -0.3 is 9.84 Å². The summed E-state index contributed by atoms with van der Waals surface area (Å²) in [7, 11) is 0. The van der Waals surface area contributed by atoms with E-state index in [9.17, 15) is 23.9 Å². The Morgan fingerprint density at radius 2 is 2.00 bits per heavy atom. The largest absolute Gasteiger partial charge is 0.449 e. The van der Waals surface area contributed by atoms with Crippen molar-refractivity contribution in [3.8, 4) is 0 Å². The summed E-state index contributed by atoms with van der Waals surface area (Å²) in [5.74, 6) is -2.66. The highest BCUT2D eigenvalue weighted by Crippen LogP contribution is 2.71. The highest BCUT2D eigenvalue weighted by molar-refractivity contribution is 8.13. The molecule has 0 aliphatic heterocycles. The molecule has 4 aliphatic carbocycles. The molecule has 0 aromatic carbocycles. The highest BCUT2D eigenvalue weighted by atomic mass is 32.2. The number of carbonyl (C=O) groups is 3. The van der Waals surface area contributed by atoms with E-state index in [1.54, 1.807) is 13.8 Å². The van der Waals surface area contributed by atoms with Gasteiger partial charge in [0, 0.05) is 23.2 Å². The van der Waals surface area contributed by atoms with Crippen LogP contribution in [0.15, 0.2) is 23.8 Å². The van der Waals surface area contributed by atoms with Crippen LogP contribution >= 0.6 is 11.8 Å². The molecule has 5 nitrogen and oxygen atoms in total. The summed E-state index contributed by atoms with van der Waals surface area (Å²) < 4.78 is 51.4. The van der Waals surface area contributed by atoms with Crippen molar-refractivity contribution in [2.24, 2.45) is 22.7 Å². The molecule has 0 spiro atoms. The summed E-state index contributed by atoms with van der Waals surface area (Å²) in [6.07, 6.45) is 0.261. The summed E-state index contributed by atoms with van der Waals surface area (Å²) in [5, 5.41) is 10.6. The molecular weight excluding hydrogens is 457 g/mol. The summed E-state index contributed by atoms with van der Waals surface area (Å²) in [6.45, 7) is 4.73. The Balaban J connectivity index is 1.83. The van der Waals surface area contributed by atoms with Gasteiger partial charge in [0.15, 0.2) is 17.1 Å². The molecule has 2 unspecified atom stereocenters. The molecule has 0 amide bonds. The second-order valence-corrected chi connectivity index (χ2v) is 11.0. The number of hydrogen-bond donors (Lipinski definition) is 1. The number of thioether (sulfide) groups is 1. The van der Waals surface area contributed by atoms with Gasteiger partial charge in [-0.1, -0.05) is 19.9 Å². The predicted molar refractivity (Wildman–Crippen MR) is 116 cm³/mol. The first-order valence-electron chi connectivity index (χ1n) is 11.3. The first-order valence-corrected chi connectivity index (χ1v) is 12.3. The number of alkyl halides is 3. The molecule has 1 N–H and O–H groups in total. The number of aliphatic hydroxyl groups excluding tert-OH is 1. The molecule has 0 radical (unpaired) electrons. The quantitative estimate of drug-likeness (QED) is 0.601. The van der Waals surface area contributed by atoms with Crippen LogP contribution in [0.3, 0.4) is 0 Å². The van der Waals surface area contributed by atoms with Crippen LogP contribution in [0.4, 0.5) is 13.2 Å². The number of rotatable bonds is 4. The van der Waals surface area contributed by atoms with Gasteiger partial charge in [-0.3, -0.25) is 14.4 Å². The molecule has 0 aromatic heterocycles. The standard InChI is InChI=1S/C24H29F3O5S/c1-4-19(30)32-23(20(31)33-12-25)8-6-14-15-10-17(26)16-9-13(28)5-7-21(16,2)24(15,27)18(29)11-22(14,23)3/h5,7,9,14-15,17-18,29H,4,6,8,10-12H2,1-3H3/t14?,15?,17-,18-,21-,22-,23-,24-/m0/s1. The Morgan fingerprint density at radius 1 is 1.30 bits per heavy atom. The lowest BCUT2D eigenvalue weighted by Crippen LogP contribution is -2.70. The highest BCUT2D eigenvalue weighted by Gasteiger charge is 2.76. The van der Waals surface area contributed by atoms with Crippen molar-refractivity contribution in [2.75, 3.05) is 6.01 Å². The third kappa shape index (κ3) is 3.07. The van der Waals surface area contributed by atoms with Gasteiger partial charge in [0.2, 0.25) is 5.12 Å². The molecule has 9 heteroatoms. The molecule has 0 saturated heterocycles. The third-order valence-corrected chi connectivity index (χ3v) is 9.54. The Hall–Kier alpha value is -1.61. The minimum atomic E-state index is -2.29. The van der Waals surface area contributed by atoms with Gasteiger partial charge in [-0.2, -0.15) is 0 Å². The van der Waals surface area contributed by atoms with E-state index in [0.29, 0.717) is 11.8 Å². The second-order valence-electron chi connectivity index (χ2n) is 10.1. The number of aliphatic hydroxyl groups is 1. The maximum Gasteiger partial charge on any atom is 0.306 e. The van der Waals surface area contributed by atoms with Gasteiger partial charge in [-0.05, 0) is 68.0 Å². The van der Waals surface area contributed by atoms with Gasteiger partial charge in [0.05, 0.1) is 6.10 Å². The molecule has 8 atom stereocenters. The Kier molecular flexibility index (Phi) is 5.92. The minimum Gasteiger partial charge on any atom is -0.449 e. The SMILES string of the molecule is CCC(=O)O[C@]1(C(=O)SCF)CCC2C3C[C@H](F)C4=CC(=O)C=C[C@]4(C)[C@@]3(F)[C@@H](O)C[C@@]21C. The maximum absolute atomic E-state index is 17.1. The van der Waals surface area contributed by atoms with Crippen LogP contribution in [0.1, 0.15) is 52.9 Å². The number of ketones is 1. The van der Waals surface area contributed by atoms with E-state index in [0.717, 1.165) is 6.08 Å². The fourth-order valence-corrected chi connectivity index (χ4v) is 7.88. The monoisotopic (exact) mass is 486 g/mol. The number of carbonyl (C=O) groups excluding carboxylic acids is 3. The minimum absolute atomic E-state index is 0.00724. The van der Waals surface area contributed by atoms with Gasteiger partial charge in [-0.25, -0.2) is 13.2 Å². The molecule has 4 aliphatic rings. The van der Waals surface area contributed by atoms with E-state index in [-0.39, 0.29) is 37.7 Å². The normalized spacial score (nSPS) is 46.2. The lowest BCUT2D eigenvalue weighted by atomic mass is 9.44. The van der Waals surface area contributed by atoms with Crippen LogP contribution in [-0.2, 0) is 19.1 Å². The van der Waals surface area contributed by atoms with Crippen LogP contribution < -0.4 is 0 Å². The van der Waals surface area contributed by atoms with Crippen molar-refractivity contribution in [3.63, 3.8) is 0 Å². The average Bonchev–Trinajstić information content (AvgIpc) is 3.04. The van der Waals surface area contributed by atoms with E-state index in [1.165, 1.54) is 19.1 Å². The van der Waals surface area contributed by atoms with Gasteiger partial charge >= 0.3 is 5.97 Å². The number of allylic oxidation sites excluding steroid dienone is 4. The summed E-state index contributed by atoms with van der Waals surface area (Å²) in [4.78, 5) is 37.4. The zero-order chi connectivity index (χ0) is 24.4. The molecule has 33 heavy (non-hydrogen) atoms. The van der Waals surface area contributed by atoms with E-state index in [2.05, 4.69) is 0 Å². The molecule has 3 saturated carbocycles. The zero-order valence-corrected chi connectivity index (χ0v) is 19.7. The zero-order valence-electron chi connectivity index (χ0n) is 18.9. The lowest BCUT2D eigenvalue weighted by molar-refractivity contribution is -0.226. The molecule has 4 rings (SSSR count). The average molecular weight is 487 g/mol. The van der Waals surface area contributed by atoms with E-state index >= 15 is 8.78 Å². The van der Waals surface area contributed by atoms with Gasteiger partial charge in [-0.15, -0.1) is 0 Å². The number of ether oxygens (including phenoxy) is 1. The number of fused-ring (bicyclic) bond motifs is 5. The van der Waals surface area contributed by atoms with Crippen LogP contribution in [0.5, 0.6) is 0 Å². The third-order valence-electron chi connectivity index (χ3n) is 8.84. The summed E-state index contributed by atoms with van der Waals surface area (Å²) in [6, 6.07) is -1.01. The number of esters is 1. The summed E-state index contributed by atoms with van der Waals surface area (Å²) in [5.41, 5.74) is -6.74. The Bertz CT molecular complexity index is 952. The van der Waals surface area contributed by atoms with Crippen molar-refractivity contribution in [1.82, 2.24) is 0 Å². The molecule has 182 valence electrons. The topological polar surface area (TPSA) is 80.7 Å². The molecule has 0 aromatic rings. The van der Waals surface area contributed by atoms with E-state index < -0.39 is 69.1 Å². The van der Waals surface area contributed by atoms with Crippen molar-refractivity contribution >= 4 is 28.6 Å². The molecular formula is C24H29F3O5S. The first-order chi connectivity index (χ1) is 15.4. The van der Waals surface area contributed by atoms with Crippen molar-refractivity contribution in [1.29, 1.82) is 0 Å². The molecule has 3 fully saturated rings. The van der Waals surface area contributed by atoms with Crippen LogP contribution in [0, 0.1) is 22.7 Å². The first kappa shape index (κ1) is 24.5. The number of halogens is 3. The van der Waals surface area contributed by atoms with Gasteiger partial charge in [0.25, 0.3) is 0 Å². The van der Waals surface area contributed by atoms with E-state index in [1.807, 2.05) is 0 Å². The fraction of sp³-hybridized carbons (Fsp3) is 0.708. The molecule has 0 heterocycles. The van der Waals surface area contributed by atoms with Crippen molar-refractivity contribution < 1.29 is 37.4 Å². The summed E-state index contributed by atoms with van der Waals surface area (Å²) >= 11 is 0.392. The Morgan fingerprint density at radius 3 is 2.64 bits per heavy atom. The van der Waals surface area contributed by atoms with Gasteiger partial charge in [0.1, 0.15) is 12.2 Å². The van der Waals surface area contributed by atoms with Crippen LogP contribution in [0.2, 0.25) is 0 Å². The fourth-order valence-electron chi connectivity index (χ4n) is 7.17. The maximum atomic E-state index is 17.1. The second kappa shape index (κ2) is 7.97. The lowest BCUT2D eigenvalue weighted by Gasteiger charge is -2.63.